The lowest BCUT2D eigenvalue weighted by Crippen LogP contribution is -2.74. The van der Waals surface area contributed by atoms with Gasteiger partial charge < -0.3 is 15.8 Å². The van der Waals surface area contributed by atoms with Crippen molar-refractivity contribution >= 4 is 11.6 Å². The molecule has 19 heavy (non-hydrogen) atoms. The molecule has 1 aliphatic rings. The summed E-state index contributed by atoms with van der Waals surface area (Å²) < 4.78 is 7.25. The highest BCUT2D eigenvalue weighted by Gasteiger charge is 2.62. The Morgan fingerprint density at radius 3 is 2.84 bits per heavy atom. The first-order valence-electron chi connectivity index (χ1n) is 6.52. The minimum Gasteiger partial charge on any atom is -0.378 e. The highest BCUT2D eigenvalue weighted by atomic mass is 16.5. The Labute approximate surface area is 113 Å². The largest absolute Gasteiger partial charge is 0.378 e. The zero-order valence-corrected chi connectivity index (χ0v) is 11.9. The van der Waals surface area contributed by atoms with E-state index in [9.17, 15) is 4.79 Å². The van der Waals surface area contributed by atoms with Gasteiger partial charge in [-0.2, -0.15) is 5.10 Å². The summed E-state index contributed by atoms with van der Waals surface area (Å²) in [5.41, 5.74) is 5.66. The molecule has 1 fully saturated rings. The minimum absolute atomic E-state index is 0.0298. The number of rotatable bonds is 4. The van der Waals surface area contributed by atoms with Crippen molar-refractivity contribution in [3.8, 4) is 0 Å². The molecule has 6 heteroatoms. The summed E-state index contributed by atoms with van der Waals surface area (Å²) in [4.78, 5) is 12.4. The Balaban J connectivity index is 2.07. The number of ether oxygens (including phenoxy) is 1. The second-order valence-corrected chi connectivity index (χ2v) is 5.70. The third-order valence-corrected chi connectivity index (χ3v) is 4.20. The first kappa shape index (κ1) is 14.0. The number of anilines is 1. The van der Waals surface area contributed by atoms with Gasteiger partial charge in [-0.15, -0.1) is 0 Å². The molecule has 1 heterocycles. The highest BCUT2D eigenvalue weighted by Crippen LogP contribution is 2.50. The maximum atomic E-state index is 12.4. The smallest absolute Gasteiger partial charge is 0.245 e. The van der Waals surface area contributed by atoms with Crippen molar-refractivity contribution in [1.29, 1.82) is 0 Å². The number of amides is 1. The summed E-state index contributed by atoms with van der Waals surface area (Å²) in [5, 5.41) is 6.83. The third kappa shape index (κ3) is 2.15. The quantitative estimate of drug-likeness (QED) is 0.848. The van der Waals surface area contributed by atoms with Crippen LogP contribution in [-0.4, -0.2) is 33.9 Å². The van der Waals surface area contributed by atoms with Crippen molar-refractivity contribution in [3.05, 3.63) is 12.4 Å². The fourth-order valence-electron chi connectivity index (χ4n) is 2.55. The van der Waals surface area contributed by atoms with Crippen LogP contribution in [0.25, 0.3) is 0 Å². The van der Waals surface area contributed by atoms with Crippen LogP contribution in [0.3, 0.4) is 0 Å². The molecule has 0 aromatic carbocycles. The summed E-state index contributed by atoms with van der Waals surface area (Å²) in [6.07, 6.45) is 3.92. The van der Waals surface area contributed by atoms with Crippen LogP contribution in [-0.2, 0) is 16.6 Å². The lowest BCUT2D eigenvalue weighted by molar-refractivity contribution is -0.166. The lowest BCUT2D eigenvalue weighted by atomic mass is 9.54. The van der Waals surface area contributed by atoms with Gasteiger partial charge in [-0.3, -0.25) is 9.48 Å². The maximum Gasteiger partial charge on any atom is 0.245 e. The number of carbonyl (C=O) groups is 1. The fourth-order valence-corrected chi connectivity index (χ4v) is 2.55. The molecule has 1 aromatic rings. The molecule has 1 saturated carbocycles. The second kappa shape index (κ2) is 4.61. The fraction of sp³-hybridized carbons (Fsp3) is 0.692. The Hall–Kier alpha value is -1.40. The van der Waals surface area contributed by atoms with E-state index in [-0.39, 0.29) is 17.4 Å². The van der Waals surface area contributed by atoms with E-state index in [1.54, 1.807) is 24.1 Å². The Bertz CT molecular complexity index is 483. The van der Waals surface area contributed by atoms with Crippen LogP contribution in [0.4, 0.5) is 5.69 Å². The zero-order chi connectivity index (χ0) is 14.3. The lowest BCUT2D eigenvalue weighted by Gasteiger charge is -2.57. The molecule has 2 unspecified atom stereocenters. The summed E-state index contributed by atoms with van der Waals surface area (Å²) in [6, 6.07) is 0. The molecule has 6 nitrogen and oxygen atoms in total. The van der Waals surface area contributed by atoms with Crippen molar-refractivity contribution in [1.82, 2.24) is 9.78 Å². The van der Waals surface area contributed by atoms with Crippen molar-refractivity contribution in [3.63, 3.8) is 0 Å². The van der Waals surface area contributed by atoms with E-state index in [2.05, 4.69) is 10.4 Å². The monoisotopic (exact) mass is 266 g/mol. The number of nitrogens with zero attached hydrogens (tertiary/aromatic N) is 2. The van der Waals surface area contributed by atoms with Crippen LogP contribution in [0, 0.1) is 5.41 Å². The maximum absolute atomic E-state index is 12.4. The van der Waals surface area contributed by atoms with Crippen LogP contribution in [0.5, 0.6) is 0 Å². The number of carbonyl (C=O) groups excluding carboxylic acids is 1. The van der Waals surface area contributed by atoms with Crippen molar-refractivity contribution < 1.29 is 9.53 Å². The summed E-state index contributed by atoms with van der Waals surface area (Å²) in [6.45, 7) is 6.52. The predicted molar refractivity (Wildman–Crippen MR) is 72.6 cm³/mol. The second-order valence-electron chi connectivity index (χ2n) is 5.70. The number of aromatic nitrogens is 2. The van der Waals surface area contributed by atoms with Gasteiger partial charge in [-0.05, 0) is 6.92 Å². The van der Waals surface area contributed by atoms with Gasteiger partial charge in [0.2, 0.25) is 5.91 Å². The molecule has 1 aromatic heterocycles. The molecule has 0 saturated heterocycles. The Morgan fingerprint density at radius 1 is 1.68 bits per heavy atom. The van der Waals surface area contributed by atoms with Gasteiger partial charge in [-0.1, -0.05) is 13.8 Å². The van der Waals surface area contributed by atoms with E-state index in [1.807, 2.05) is 20.8 Å². The van der Waals surface area contributed by atoms with Crippen molar-refractivity contribution in [2.24, 2.45) is 18.2 Å². The van der Waals surface area contributed by atoms with Crippen LogP contribution >= 0.6 is 0 Å². The molecule has 0 spiro atoms. The van der Waals surface area contributed by atoms with E-state index < -0.39 is 5.54 Å². The van der Waals surface area contributed by atoms with Gasteiger partial charge in [0.1, 0.15) is 5.54 Å². The highest BCUT2D eigenvalue weighted by molar-refractivity contribution is 5.99. The molecular formula is C13H22N4O2. The van der Waals surface area contributed by atoms with Gasteiger partial charge in [0.25, 0.3) is 0 Å². The SMILES string of the molecule is CCOC1CC(N)(C(=O)Nc2cnn(C)c2)C1(C)C. The Morgan fingerprint density at radius 2 is 2.37 bits per heavy atom. The molecule has 2 atom stereocenters. The summed E-state index contributed by atoms with van der Waals surface area (Å²) in [5.74, 6) is -0.179. The van der Waals surface area contributed by atoms with Gasteiger partial charge in [0.05, 0.1) is 18.0 Å². The summed E-state index contributed by atoms with van der Waals surface area (Å²) >= 11 is 0. The van der Waals surface area contributed by atoms with Crippen LogP contribution in [0.2, 0.25) is 0 Å². The molecule has 3 N–H and O–H groups in total. The number of nitrogens with one attached hydrogen (secondary N) is 1. The normalized spacial score (nSPS) is 28.8. The summed E-state index contributed by atoms with van der Waals surface area (Å²) in [7, 11) is 1.80. The van der Waals surface area contributed by atoms with Crippen molar-refractivity contribution in [2.75, 3.05) is 11.9 Å². The number of hydrogen-bond donors (Lipinski definition) is 2. The van der Waals surface area contributed by atoms with Gasteiger partial charge in [-0.25, -0.2) is 0 Å². The van der Waals surface area contributed by atoms with E-state index in [1.165, 1.54) is 0 Å². The number of hydrogen-bond acceptors (Lipinski definition) is 4. The number of nitrogens with two attached hydrogens (primary N) is 1. The molecular weight excluding hydrogens is 244 g/mol. The average Bonchev–Trinajstić information content (AvgIpc) is 2.74. The van der Waals surface area contributed by atoms with Crippen LogP contribution < -0.4 is 11.1 Å². The van der Waals surface area contributed by atoms with E-state index in [0.717, 1.165) is 0 Å². The Kier molecular flexibility index (Phi) is 3.40. The first-order chi connectivity index (χ1) is 8.81. The van der Waals surface area contributed by atoms with Gasteiger partial charge in [0.15, 0.2) is 0 Å². The first-order valence-corrected chi connectivity index (χ1v) is 6.52. The standard InChI is InChI=1S/C13H22N4O2/c1-5-19-10-6-13(14,12(10,2)3)11(18)16-9-7-15-17(4)8-9/h7-8,10H,5-6,14H2,1-4H3,(H,16,18). The predicted octanol–water partition coefficient (Wildman–Crippen LogP) is 0.891. The average molecular weight is 266 g/mol. The van der Waals surface area contributed by atoms with E-state index in [0.29, 0.717) is 18.7 Å². The molecule has 1 amide bonds. The van der Waals surface area contributed by atoms with Crippen molar-refractivity contribution in [2.45, 2.75) is 38.8 Å². The molecule has 0 bridgehead atoms. The van der Waals surface area contributed by atoms with E-state index >= 15 is 0 Å². The molecule has 106 valence electrons. The van der Waals surface area contributed by atoms with Crippen LogP contribution in [0.15, 0.2) is 12.4 Å². The third-order valence-electron chi connectivity index (χ3n) is 4.20. The topological polar surface area (TPSA) is 82.2 Å². The number of aryl methyl sites for hydroxylation is 1. The minimum atomic E-state index is -0.900. The molecule has 1 aliphatic carbocycles. The zero-order valence-electron chi connectivity index (χ0n) is 11.9. The molecule has 2 rings (SSSR count). The molecule has 0 aliphatic heterocycles. The van der Waals surface area contributed by atoms with Gasteiger partial charge in [0, 0.05) is 31.7 Å². The van der Waals surface area contributed by atoms with E-state index in [4.69, 9.17) is 10.5 Å². The van der Waals surface area contributed by atoms with Crippen LogP contribution in [0.1, 0.15) is 27.2 Å². The molecule has 0 radical (unpaired) electrons. The van der Waals surface area contributed by atoms with Gasteiger partial charge >= 0.3 is 0 Å².